The number of rotatable bonds is 4. The van der Waals surface area contributed by atoms with Crippen LogP contribution in [0.1, 0.15) is 32.3 Å². The maximum absolute atomic E-state index is 12.4. The molecule has 0 unspecified atom stereocenters. The van der Waals surface area contributed by atoms with Gasteiger partial charge < -0.3 is 15.5 Å². The van der Waals surface area contributed by atoms with E-state index >= 15 is 0 Å². The number of nitrogens with one attached hydrogen (secondary N) is 2. The minimum absolute atomic E-state index is 0.0863. The minimum atomic E-state index is -0.138. The Morgan fingerprint density at radius 3 is 2.52 bits per heavy atom. The molecule has 1 aliphatic rings. The van der Waals surface area contributed by atoms with Crippen molar-refractivity contribution in [2.24, 2.45) is 0 Å². The van der Waals surface area contributed by atoms with E-state index < -0.39 is 0 Å². The smallest absolute Gasteiger partial charge is 0.315 e. The predicted octanol–water partition coefficient (Wildman–Crippen LogP) is 2.58. The first-order valence-electron chi connectivity index (χ1n) is 8.04. The summed E-state index contributed by atoms with van der Waals surface area (Å²) in [7, 11) is 0. The third-order valence-corrected chi connectivity index (χ3v) is 4.27. The normalized spacial score (nSPS) is 15.6. The van der Waals surface area contributed by atoms with Gasteiger partial charge in [-0.2, -0.15) is 0 Å². The molecule has 1 aromatic rings. The number of hydrogen-bond acceptors (Lipinski definition) is 2. The van der Waals surface area contributed by atoms with Gasteiger partial charge in [-0.15, -0.1) is 0 Å². The summed E-state index contributed by atoms with van der Waals surface area (Å²) in [6.45, 7) is 5.18. The van der Waals surface area contributed by atoms with Crippen LogP contribution < -0.4 is 10.6 Å². The minimum Gasteiger partial charge on any atom is -0.342 e. The van der Waals surface area contributed by atoms with E-state index in [-0.39, 0.29) is 24.0 Å². The predicted molar refractivity (Wildman–Crippen MR) is 91.6 cm³/mol. The highest BCUT2D eigenvalue weighted by Gasteiger charge is 2.24. The largest absolute Gasteiger partial charge is 0.342 e. The SMILES string of the molecule is CC(C)NC(=O)NC1CCN(C(=O)Cc2ccccc2Cl)CC1. The Balaban J connectivity index is 1.79. The lowest BCUT2D eigenvalue weighted by Crippen LogP contribution is -2.50. The van der Waals surface area contributed by atoms with Crippen molar-refractivity contribution in [3.63, 3.8) is 0 Å². The van der Waals surface area contributed by atoms with E-state index in [4.69, 9.17) is 11.6 Å². The quantitative estimate of drug-likeness (QED) is 0.887. The van der Waals surface area contributed by atoms with E-state index in [9.17, 15) is 9.59 Å². The fourth-order valence-corrected chi connectivity index (χ4v) is 2.88. The number of benzene rings is 1. The Hall–Kier alpha value is -1.75. The molecule has 3 amide bonds. The van der Waals surface area contributed by atoms with Crippen molar-refractivity contribution in [3.05, 3.63) is 34.9 Å². The van der Waals surface area contributed by atoms with Gasteiger partial charge in [-0.05, 0) is 38.3 Å². The van der Waals surface area contributed by atoms with Crippen LogP contribution >= 0.6 is 11.6 Å². The molecule has 1 saturated heterocycles. The maximum Gasteiger partial charge on any atom is 0.315 e. The van der Waals surface area contributed by atoms with Crippen LogP contribution in [-0.2, 0) is 11.2 Å². The number of carbonyl (C=O) groups is 2. The van der Waals surface area contributed by atoms with Gasteiger partial charge in [0.1, 0.15) is 0 Å². The van der Waals surface area contributed by atoms with E-state index in [0.717, 1.165) is 18.4 Å². The van der Waals surface area contributed by atoms with Gasteiger partial charge in [0.15, 0.2) is 0 Å². The second kappa shape index (κ2) is 8.20. The second-order valence-corrected chi connectivity index (χ2v) is 6.60. The number of hydrogen-bond donors (Lipinski definition) is 2. The van der Waals surface area contributed by atoms with E-state index in [0.29, 0.717) is 24.5 Å². The Labute approximate surface area is 142 Å². The number of piperidine rings is 1. The van der Waals surface area contributed by atoms with E-state index in [1.807, 2.05) is 36.9 Å². The molecule has 0 aromatic heterocycles. The molecule has 6 heteroatoms. The van der Waals surface area contributed by atoms with Gasteiger partial charge in [0, 0.05) is 30.2 Å². The zero-order chi connectivity index (χ0) is 16.8. The number of halogens is 1. The average molecular weight is 338 g/mol. The summed E-state index contributed by atoms with van der Waals surface area (Å²) in [5.74, 6) is 0.0863. The van der Waals surface area contributed by atoms with Crippen LogP contribution in [0.2, 0.25) is 5.02 Å². The lowest BCUT2D eigenvalue weighted by atomic mass is 10.0. The summed E-state index contributed by atoms with van der Waals surface area (Å²) in [6, 6.07) is 7.53. The highest BCUT2D eigenvalue weighted by Crippen LogP contribution is 2.18. The molecule has 1 aliphatic heterocycles. The fraction of sp³-hybridized carbons (Fsp3) is 0.529. The number of nitrogens with zero attached hydrogens (tertiary/aromatic N) is 1. The summed E-state index contributed by atoms with van der Waals surface area (Å²) < 4.78 is 0. The molecule has 0 bridgehead atoms. The van der Waals surface area contributed by atoms with Crippen molar-refractivity contribution in [3.8, 4) is 0 Å². The zero-order valence-corrected chi connectivity index (χ0v) is 14.4. The number of likely N-dealkylation sites (tertiary alicyclic amines) is 1. The third kappa shape index (κ3) is 5.43. The van der Waals surface area contributed by atoms with Crippen molar-refractivity contribution in [1.82, 2.24) is 15.5 Å². The molecule has 5 nitrogen and oxygen atoms in total. The first-order valence-corrected chi connectivity index (χ1v) is 8.41. The molecule has 2 N–H and O–H groups in total. The fourth-order valence-electron chi connectivity index (χ4n) is 2.68. The first-order chi connectivity index (χ1) is 11.0. The number of carbonyl (C=O) groups excluding carboxylic acids is 2. The van der Waals surface area contributed by atoms with Crippen LogP contribution in [0.4, 0.5) is 4.79 Å². The van der Waals surface area contributed by atoms with Crippen molar-refractivity contribution < 1.29 is 9.59 Å². The van der Waals surface area contributed by atoms with E-state index in [1.54, 1.807) is 6.07 Å². The third-order valence-electron chi connectivity index (χ3n) is 3.90. The lowest BCUT2D eigenvalue weighted by molar-refractivity contribution is -0.131. The lowest BCUT2D eigenvalue weighted by Gasteiger charge is -2.32. The molecular formula is C17H24ClN3O2. The average Bonchev–Trinajstić information content (AvgIpc) is 2.49. The summed E-state index contributed by atoms with van der Waals surface area (Å²) in [4.78, 5) is 25.9. The van der Waals surface area contributed by atoms with E-state index in [2.05, 4.69) is 10.6 Å². The zero-order valence-electron chi connectivity index (χ0n) is 13.6. The summed E-state index contributed by atoms with van der Waals surface area (Å²) in [6.07, 6.45) is 1.88. The molecule has 1 aromatic carbocycles. The molecule has 0 aliphatic carbocycles. The summed E-state index contributed by atoms with van der Waals surface area (Å²) >= 11 is 6.10. The monoisotopic (exact) mass is 337 g/mol. The van der Waals surface area contributed by atoms with Gasteiger partial charge in [0.2, 0.25) is 5.91 Å². The molecule has 0 atom stereocenters. The Bertz CT molecular complexity index is 555. The topological polar surface area (TPSA) is 61.4 Å². The van der Waals surface area contributed by atoms with Crippen LogP contribution in [0.25, 0.3) is 0 Å². The van der Waals surface area contributed by atoms with Gasteiger partial charge >= 0.3 is 6.03 Å². The van der Waals surface area contributed by atoms with Crippen LogP contribution in [-0.4, -0.2) is 42.0 Å². The van der Waals surface area contributed by atoms with Crippen molar-refractivity contribution >= 4 is 23.5 Å². The van der Waals surface area contributed by atoms with Gasteiger partial charge in [-0.1, -0.05) is 29.8 Å². The van der Waals surface area contributed by atoms with Crippen molar-refractivity contribution in [1.29, 1.82) is 0 Å². The van der Waals surface area contributed by atoms with Gasteiger partial charge in [0.25, 0.3) is 0 Å². The molecule has 1 fully saturated rings. The Kier molecular flexibility index (Phi) is 6.28. The molecule has 0 radical (unpaired) electrons. The van der Waals surface area contributed by atoms with Gasteiger partial charge in [-0.25, -0.2) is 4.79 Å². The van der Waals surface area contributed by atoms with Crippen LogP contribution in [0.3, 0.4) is 0 Å². The Morgan fingerprint density at radius 1 is 1.26 bits per heavy atom. The first kappa shape index (κ1) is 17.6. The van der Waals surface area contributed by atoms with Gasteiger partial charge in [0.05, 0.1) is 6.42 Å². The number of amides is 3. The number of urea groups is 1. The second-order valence-electron chi connectivity index (χ2n) is 6.20. The molecule has 126 valence electrons. The van der Waals surface area contributed by atoms with Crippen molar-refractivity contribution in [2.45, 2.75) is 45.2 Å². The molecule has 23 heavy (non-hydrogen) atoms. The van der Waals surface area contributed by atoms with Crippen molar-refractivity contribution in [2.75, 3.05) is 13.1 Å². The summed E-state index contributed by atoms with van der Waals surface area (Å²) in [5, 5.41) is 6.40. The molecule has 0 saturated carbocycles. The maximum atomic E-state index is 12.4. The van der Waals surface area contributed by atoms with Crippen LogP contribution in [0.5, 0.6) is 0 Å². The highest BCUT2D eigenvalue weighted by molar-refractivity contribution is 6.31. The van der Waals surface area contributed by atoms with Gasteiger partial charge in [-0.3, -0.25) is 4.79 Å². The summed E-state index contributed by atoms with van der Waals surface area (Å²) in [5.41, 5.74) is 0.857. The van der Waals surface area contributed by atoms with Crippen LogP contribution in [0.15, 0.2) is 24.3 Å². The molecule has 1 heterocycles. The Morgan fingerprint density at radius 2 is 1.91 bits per heavy atom. The standard InChI is InChI=1S/C17H24ClN3O2/c1-12(2)19-17(23)20-14-7-9-21(10-8-14)16(22)11-13-5-3-4-6-15(13)18/h3-6,12,14H,7-11H2,1-2H3,(H2,19,20,23). The van der Waals surface area contributed by atoms with Crippen LogP contribution in [0, 0.1) is 0 Å². The highest BCUT2D eigenvalue weighted by atomic mass is 35.5. The van der Waals surface area contributed by atoms with E-state index in [1.165, 1.54) is 0 Å². The molecule has 0 spiro atoms. The molecule has 2 rings (SSSR count). The molecular weight excluding hydrogens is 314 g/mol.